The number of aromatic nitrogens is 2. The van der Waals surface area contributed by atoms with Crippen LogP contribution in [0.1, 0.15) is 27.2 Å². The first-order chi connectivity index (χ1) is 9.24. The van der Waals surface area contributed by atoms with Crippen LogP contribution < -0.4 is 5.32 Å². The largest absolute Gasteiger partial charge is 0.465 e. The molecule has 2 aromatic heterocycles. The standard InChI is InChI=1S/C13H15N3O2S/c1-3-9-7-15-11(19-9)8-16-12-10(13(17)18-2)5-4-6-14-12/h4-7H,3,8H2,1-2H3,(H,14,16). The molecule has 6 heteroatoms. The third-order valence-electron chi connectivity index (χ3n) is 2.57. The van der Waals surface area contributed by atoms with Crippen LogP contribution in [0.15, 0.2) is 24.5 Å². The number of nitrogens with one attached hydrogen (secondary N) is 1. The van der Waals surface area contributed by atoms with E-state index in [4.69, 9.17) is 4.74 Å². The van der Waals surface area contributed by atoms with Crippen LogP contribution in [0.4, 0.5) is 5.82 Å². The zero-order valence-corrected chi connectivity index (χ0v) is 11.7. The summed E-state index contributed by atoms with van der Waals surface area (Å²) >= 11 is 1.65. The Bertz CT molecular complexity index is 569. The van der Waals surface area contributed by atoms with Gasteiger partial charge in [-0.2, -0.15) is 0 Å². The summed E-state index contributed by atoms with van der Waals surface area (Å²) in [6.45, 7) is 2.64. The van der Waals surface area contributed by atoms with E-state index in [1.165, 1.54) is 12.0 Å². The third-order valence-corrected chi connectivity index (χ3v) is 3.71. The maximum Gasteiger partial charge on any atom is 0.341 e. The summed E-state index contributed by atoms with van der Waals surface area (Å²) in [6, 6.07) is 3.39. The molecule has 0 fully saturated rings. The van der Waals surface area contributed by atoms with Crippen molar-refractivity contribution in [1.29, 1.82) is 0 Å². The van der Waals surface area contributed by atoms with Crippen molar-refractivity contribution >= 4 is 23.1 Å². The lowest BCUT2D eigenvalue weighted by molar-refractivity contribution is 0.0601. The maximum absolute atomic E-state index is 11.6. The summed E-state index contributed by atoms with van der Waals surface area (Å²) in [6.07, 6.45) is 4.49. The van der Waals surface area contributed by atoms with Gasteiger partial charge in [0, 0.05) is 17.3 Å². The molecule has 0 aliphatic heterocycles. The quantitative estimate of drug-likeness (QED) is 0.851. The molecule has 2 rings (SSSR count). The molecule has 0 radical (unpaired) electrons. The lowest BCUT2D eigenvalue weighted by atomic mass is 10.2. The van der Waals surface area contributed by atoms with Crippen LogP contribution in [0.5, 0.6) is 0 Å². The molecule has 100 valence electrons. The molecular weight excluding hydrogens is 262 g/mol. The van der Waals surface area contributed by atoms with Gasteiger partial charge in [0.2, 0.25) is 0 Å². The van der Waals surface area contributed by atoms with Crippen molar-refractivity contribution in [2.45, 2.75) is 19.9 Å². The van der Waals surface area contributed by atoms with Gasteiger partial charge in [0.15, 0.2) is 0 Å². The van der Waals surface area contributed by atoms with E-state index in [9.17, 15) is 4.79 Å². The number of carbonyl (C=O) groups is 1. The Morgan fingerprint density at radius 1 is 1.47 bits per heavy atom. The third kappa shape index (κ3) is 3.29. The molecule has 0 aliphatic carbocycles. The molecule has 0 unspecified atom stereocenters. The molecule has 0 saturated carbocycles. The SMILES string of the molecule is CCc1cnc(CNc2ncccc2C(=O)OC)s1. The van der Waals surface area contributed by atoms with Crippen molar-refractivity contribution in [2.75, 3.05) is 12.4 Å². The highest BCUT2D eigenvalue weighted by Gasteiger charge is 2.12. The molecule has 0 spiro atoms. The van der Waals surface area contributed by atoms with E-state index in [0.29, 0.717) is 17.9 Å². The van der Waals surface area contributed by atoms with E-state index in [1.807, 2.05) is 6.20 Å². The summed E-state index contributed by atoms with van der Waals surface area (Å²) in [7, 11) is 1.35. The average molecular weight is 277 g/mol. The summed E-state index contributed by atoms with van der Waals surface area (Å²) in [5.74, 6) is 0.117. The first-order valence-corrected chi connectivity index (χ1v) is 6.77. The van der Waals surface area contributed by atoms with E-state index in [1.54, 1.807) is 29.7 Å². The Morgan fingerprint density at radius 2 is 2.32 bits per heavy atom. The van der Waals surface area contributed by atoms with Crippen molar-refractivity contribution in [3.63, 3.8) is 0 Å². The van der Waals surface area contributed by atoms with Crippen LogP contribution in [0.2, 0.25) is 0 Å². The number of hydrogen-bond acceptors (Lipinski definition) is 6. The van der Waals surface area contributed by atoms with Gasteiger partial charge in [0.1, 0.15) is 16.4 Å². The molecule has 0 saturated heterocycles. The second-order valence-corrected chi connectivity index (χ2v) is 5.02. The van der Waals surface area contributed by atoms with Gasteiger partial charge in [-0.3, -0.25) is 0 Å². The zero-order valence-electron chi connectivity index (χ0n) is 10.8. The fourth-order valence-corrected chi connectivity index (χ4v) is 2.38. The highest BCUT2D eigenvalue weighted by molar-refractivity contribution is 7.11. The van der Waals surface area contributed by atoms with Gasteiger partial charge in [-0.15, -0.1) is 11.3 Å². The molecule has 1 N–H and O–H groups in total. The van der Waals surface area contributed by atoms with E-state index in [-0.39, 0.29) is 0 Å². The monoisotopic (exact) mass is 277 g/mol. The Morgan fingerprint density at radius 3 is 3.00 bits per heavy atom. The van der Waals surface area contributed by atoms with Crippen molar-refractivity contribution in [1.82, 2.24) is 9.97 Å². The average Bonchev–Trinajstić information content (AvgIpc) is 2.92. The fourth-order valence-electron chi connectivity index (χ4n) is 1.57. The summed E-state index contributed by atoms with van der Waals surface area (Å²) in [5, 5.41) is 4.09. The maximum atomic E-state index is 11.6. The lowest BCUT2D eigenvalue weighted by Gasteiger charge is -2.07. The minimum Gasteiger partial charge on any atom is -0.465 e. The summed E-state index contributed by atoms with van der Waals surface area (Å²) < 4.78 is 4.72. The molecule has 0 bridgehead atoms. The first kappa shape index (κ1) is 13.5. The topological polar surface area (TPSA) is 64.1 Å². The number of ether oxygens (including phenoxy) is 1. The van der Waals surface area contributed by atoms with Crippen LogP contribution in [-0.4, -0.2) is 23.0 Å². The van der Waals surface area contributed by atoms with Crippen molar-refractivity contribution < 1.29 is 9.53 Å². The van der Waals surface area contributed by atoms with Crippen LogP contribution in [0.25, 0.3) is 0 Å². The predicted molar refractivity (Wildman–Crippen MR) is 74.4 cm³/mol. The molecule has 0 aliphatic rings. The molecule has 19 heavy (non-hydrogen) atoms. The number of anilines is 1. The minimum atomic E-state index is -0.399. The number of methoxy groups -OCH3 is 1. The zero-order chi connectivity index (χ0) is 13.7. The Kier molecular flexibility index (Phi) is 4.46. The number of hydrogen-bond donors (Lipinski definition) is 1. The van der Waals surface area contributed by atoms with Gasteiger partial charge in [0.25, 0.3) is 0 Å². The highest BCUT2D eigenvalue weighted by Crippen LogP contribution is 2.17. The Balaban J connectivity index is 2.08. The van der Waals surface area contributed by atoms with Gasteiger partial charge >= 0.3 is 5.97 Å². The Hall–Kier alpha value is -1.95. The molecule has 2 heterocycles. The second kappa shape index (κ2) is 6.29. The van der Waals surface area contributed by atoms with Crippen LogP contribution >= 0.6 is 11.3 Å². The summed E-state index contributed by atoms with van der Waals surface area (Å²) in [5.41, 5.74) is 0.428. The number of thiazole rings is 1. The molecule has 5 nitrogen and oxygen atoms in total. The number of nitrogens with zero attached hydrogens (tertiary/aromatic N) is 2. The number of carbonyl (C=O) groups excluding carboxylic acids is 1. The molecule has 0 atom stereocenters. The smallest absolute Gasteiger partial charge is 0.341 e. The molecule has 2 aromatic rings. The first-order valence-electron chi connectivity index (χ1n) is 5.95. The van der Waals surface area contributed by atoms with Crippen molar-refractivity contribution in [3.05, 3.63) is 40.0 Å². The fraction of sp³-hybridized carbons (Fsp3) is 0.308. The van der Waals surface area contributed by atoms with Crippen LogP contribution in [-0.2, 0) is 17.7 Å². The van der Waals surface area contributed by atoms with Crippen molar-refractivity contribution in [2.24, 2.45) is 0 Å². The van der Waals surface area contributed by atoms with Crippen LogP contribution in [0.3, 0.4) is 0 Å². The Labute approximate surface area is 115 Å². The normalized spacial score (nSPS) is 10.2. The number of esters is 1. The van der Waals surface area contributed by atoms with E-state index >= 15 is 0 Å². The predicted octanol–water partition coefficient (Wildman–Crippen LogP) is 2.50. The summed E-state index contributed by atoms with van der Waals surface area (Å²) in [4.78, 5) is 21.3. The molecule has 0 aromatic carbocycles. The second-order valence-electron chi connectivity index (χ2n) is 3.82. The highest BCUT2D eigenvalue weighted by atomic mass is 32.1. The number of aryl methyl sites for hydroxylation is 1. The van der Waals surface area contributed by atoms with Crippen LogP contribution in [0, 0.1) is 0 Å². The lowest BCUT2D eigenvalue weighted by Crippen LogP contribution is -2.09. The van der Waals surface area contributed by atoms with Gasteiger partial charge in [-0.05, 0) is 18.6 Å². The molecule has 0 amide bonds. The van der Waals surface area contributed by atoms with E-state index < -0.39 is 5.97 Å². The number of pyridine rings is 1. The van der Waals surface area contributed by atoms with Gasteiger partial charge in [-0.25, -0.2) is 14.8 Å². The van der Waals surface area contributed by atoms with E-state index in [0.717, 1.165) is 11.4 Å². The number of rotatable bonds is 5. The van der Waals surface area contributed by atoms with Crippen molar-refractivity contribution in [3.8, 4) is 0 Å². The van der Waals surface area contributed by atoms with Gasteiger partial charge in [-0.1, -0.05) is 6.92 Å². The van der Waals surface area contributed by atoms with E-state index in [2.05, 4.69) is 22.2 Å². The van der Waals surface area contributed by atoms with Gasteiger partial charge in [0.05, 0.1) is 13.7 Å². The molecular formula is C13H15N3O2S. The minimum absolute atomic E-state index is 0.399. The van der Waals surface area contributed by atoms with Gasteiger partial charge < -0.3 is 10.1 Å².